The van der Waals surface area contributed by atoms with Crippen LogP contribution in [0.25, 0.3) is 23.4 Å². The molecule has 4 rings (SSSR count). The van der Waals surface area contributed by atoms with E-state index in [1.165, 1.54) is 0 Å². The molecule has 1 aliphatic rings. The molecular formula is C21H19N3O2. The molecule has 0 bridgehead atoms. The predicted octanol–water partition coefficient (Wildman–Crippen LogP) is 3.54. The number of rotatable bonds is 4. The monoisotopic (exact) mass is 345 g/mol. The Morgan fingerprint density at radius 3 is 2.73 bits per heavy atom. The first-order valence-electron chi connectivity index (χ1n) is 8.51. The quantitative estimate of drug-likeness (QED) is 0.760. The lowest BCUT2D eigenvalue weighted by Crippen LogP contribution is -2.31. The van der Waals surface area contributed by atoms with E-state index in [-0.39, 0.29) is 5.91 Å². The van der Waals surface area contributed by atoms with E-state index in [0.717, 1.165) is 45.9 Å². The molecule has 3 aromatic rings. The summed E-state index contributed by atoms with van der Waals surface area (Å²) in [6.07, 6.45) is 6.60. The van der Waals surface area contributed by atoms with Crippen LogP contribution in [0.4, 0.5) is 0 Å². The summed E-state index contributed by atoms with van der Waals surface area (Å²) in [5, 5.41) is 2.87. The number of nitrogens with one attached hydrogen (secondary N) is 2. The SMILES string of the molecule is COc1ccc(C=Cc2cc(-c3cc4c([nH]3)CCNC4=O)ccn2)cc1. The van der Waals surface area contributed by atoms with E-state index < -0.39 is 0 Å². The number of hydrogen-bond donors (Lipinski definition) is 2. The number of carbonyl (C=O) groups is 1. The molecular weight excluding hydrogens is 326 g/mol. The summed E-state index contributed by atoms with van der Waals surface area (Å²) in [7, 11) is 1.66. The number of pyridine rings is 1. The molecule has 0 aliphatic carbocycles. The van der Waals surface area contributed by atoms with Gasteiger partial charge in [-0.2, -0.15) is 0 Å². The molecule has 5 heteroatoms. The zero-order valence-electron chi connectivity index (χ0n) is 14.5. The number of H-pyrrole nitrogens is 1. The molecule has 0 spiro atoms. The molecule has 5 nitrogen and oxygen atoms in total. The van der Waals surface area contributed by atoms with Crippen LogP contribution in [-0.4, -0.2) is 29.5 Å². The van der Waals surface area contributed by atoms with Crippen molar-refractivity contribution in [2.24, 2.45) is 0 Å². The van der Waals surface area contributed by atoms with Crippen molar-refractivity contribution in [3.63, 3.8) is 0 Å². The fraction of sp³-hybridized carbons (Fsp3) is 0.143. The molecule has 1 amide bonds. The van der Waals surface area contributed by atoms with E-state index >= 15 is 0 Å². The van der Waals surface area contributed by atoms with Gasteiger partial charge < -0.3 is 15.0 Å². The molecule has 0 saturated heterocycles. The number of aromatic nitrogens is 2. The molecule has 1 aliphatic heterocycles. The van der Waals surface area contributed by atoms with Crippen molar-refractivity contribution in [3.8, 4) is 17.0 Å². The summed E-state index contributed by atoms with van der Waals surface area (Å²) in [5.41, 5.74) is 5.61. The van der Waals surface area contributed by atoms with Crippen molar-refractivity contribution < 1.29 is 9.53 Å². The number of ether oxygens (including phenoxy) is 1. The normalized spacial score (nSPS) is 13.5. The molecule has 0 fully saturated rings. The highest BCUT2D eigenvalue weighted by Gasteiger charge is 2.19. The lowest BCUT2D eigenvalue weighted by molar-refractivity contribution is 0.0946. The van der Waals surface area contributed by atoms with Gasteiger partial charge in [-0.05, 0) is 42.0 Å². The van der Waals surface area contributed by atoms with E-state index in [1.807, 2.05) is 54.6 Å². The average Bonchev–Trinajstić information content (AvgIpc) is 3.13. The second-order valence-electron chi connectivity index (χ2n) is 6.16. The third-order valence-corrected chi connectivity index (χ3v) is 4.46. The number of methoxy groups -OCH3 is 1. The van der Waals surface area contributed by atoms with Crippen LogP contribution in [0.3, 0.4) is 0 Å². The summed E-state index contributed by atoms with van der Waals surface area (Å²) in [5.74, 6) is 0.824. The van der Waals surface area contributed by atoms with Crippen molar-refractivity contribution in [3.05, 3.63) is 71.2 Å². The molecule has 130 valence electrons. The molecule has 0 radical (unpaired) electrons. The van der Waals surface area contributed by atoms with Gasteiger partial charge in [0.15, 0.2) is 0 Å². The Morgan fingerprint density at radius 1 is 1.12 bits per heavy atom. The largest absolute Gasteiger partial charge is 0.497 e. The maximum absolute atomic E-state index is 11.9. The smallest absolute Gasteiger partial charge is 0.253 e. The Morgan fingerprint density at radius 2 is 1.96 bits per heavy atom. The Labute approximate surface area is 151 Å². The van der Waals surface area contributed by atoms with Gasteiger partial charge in [0.2, 0.25) is 0 Å². The van der Waals surface area contributed by atoms with Crippen molar-refractivity contribution in [2.75, 3.05) is 13.7 Å². The van der Waals surface area contributed by atoms with E-state index in [9.17, 15) is 4.79 Å². The molecule has 3 heterocycles. The van der Waals surface area contributed by atoms with Gasteiger partial charge in [-0.3, -0.25) is 9.78 Å². The number of aromatic amines is 1. The van der Waals surface area contributed by atoms with E-state index in [4.69, 9.17) is 4.74 Å². The number of amides is 1. The highest BCUT2D eigenvalue weighted by atomic mass is 16.5. The van der Waals surface area contributed by atoms with E-state index in [2.05, 4.69) is 15.3 Å². The highest BCUT2D eigenvalue weighted by molar-refractivity contribution is 5.97. The van der Waals surface area contributed by atoms with Gasteiger partial charge in [0.05, 0.1) is 18.4 Å². The zero-order chi connectivity index (χ0) is 17.9. The minimum absolute atomic E-state index is 0.0116. The number of fused-ring (bicyclic) bond motifs is 1. The summed E-state index contributed by atoms with van der Waals surface area (Å²) in [6, 6.07) is 13.7. The van der Waals surface area contributed by atoms with Crippen molar-refractivity contribution >= 4 is 18.1 Å². The third kappa shape index (κ3) is 3.24. The fourth-order valence-corrected chi connectivity index (χ4v) is 3.05. The number of nitrogens with zero attached hydrogens (tertiary/aromatic N) is 1. The van der Waals surface area contributed by atoms with Crippen LogP contribution >= 0.6 is 0 Å². The molecule has 2 aromatic heterocycles. The molecule has 26 heavy (non-hydrogen) atoms. The molecule has 1 aromatic carbocycles. The van der Waals surface area contributed by atoms with Crippen LogP contribution in [0.5, 0.6) is 5.75 Å². The fourth-order valence-electron chi connectivity index (χ4n) is 3.05. The van der Waals surface area contributed by atoms with Crippen LogP contribution in [0.15, 0.2) is 48.7 Å². The van der Waals surface area contributed by atoms with Crippen molar-refractivity contribution in [1.82, 2.24) is 15.3 Å². The van der Waals surface area contributed by atoms with Gasteiger partial charge in [0, 0.05) is 36.1 Å². The van der Waals surface area contributed by atoms with Crippen molar-refractivity contribution in [1.29, 1.82) is 0 Å². The molecule has 2 N–H and O–H groups in total. The topological polar surface area (TPSA) is 67.0 Å². The van der Waals surface area contributed by atoms with Gasteiger partial charge in [-0.25, -0.2) is 0 Å². The Bertz CT molecular complexity index is 971. The van der Waals surface area contributed by atoms with Crippen LogP contribution in [0, 0.1) is 0 Å². The lowest BCUT2D eigenvalue weighted by atomic mass is 10.1. The molecule has 0 atom stereocenters. The Balaban J connectivity index is 1.58. The lowest BCUT2D eigenvalue weighted by Gasteiger charge is -2.10. The van der Waals surface area contributed by atoms with Crippen LogP contribution in [-0.2, 0) is 6.42 Å². The maximum atomic E-state index is 11.9. The van der Waals surface area contributed by atoms with Gasteiger partial charge in [-0.15, -0.1) is 0 Å². The van der Waals surface area contributed by atoms with E-state index in [1.54, 1.807) is 13.3 Å². The second-order valence-corrected chi connectivity index (χ2v) is 6.16. The number of carbonyl (C=O) groups excluding carboxylic acids is 1. The second kappa shape index (κ2) is 6.88. The standard InChI is InChI=1S/C21H19N3O2/c1-26-17-6-3-14(4-7-17)2-5-16-12-15(8-10-22-16)20-13-18-19(24-20)9-11-23-21(18)25/h2-8,10,12-13,24H,9,11H2,1H3,(H,23,25). The van der Waals surface area contributed by atoms with Gasteiger partial charge in [0.1, 0.15) is 5.75 Å². The average molecular weight is 345 g/mol. The summed E-state index contributed by atoms with van der Waals surface area (Å²) >= 11 is 0. The first-order valence-corrected chi connectivity index (χ1v) is 8.51. The third-order valence-electron chi connectivity index (χ3n) is 4.46. The van der Waals surface area contributed by atoms with Gasteiger partial charge in [-0.1, -0.05) is 18.2 Å². The first kappa shape index (κ1) is 16.1. The van der Waals surface area contributed by atoms with Gasteiger partial charge >= 0.3 is 0 Å². The zero-order valence-corrected chi connectivity index (χ0v) is 14.5. The van der Waals surface area contributed by atoms with Crippen LogP contribution in [0.2, 0.25) is 0 Å². The Kier molecular flexibility index (Phi) is 4.27. The minimum Gasteiger partial charge on any atom is -0.497 e. The van der Waals surface area contributed by atoms with Crippen LogP contribution < -0.4 is 10.1 Å². The number of benzene rings is 1. The summed E-state index contributed by atoms with van der Waals surface area (Å²) < 4.78 is 5.17. The van der Waals surface area contributed by atoms with Crippen LogP contribution in [0.1, 0.15) is 27.3 Å². The number of hydrogen-bond acceptors (Lipinski definition) is 3. The van der Waals surface area contributed by atoms with Crippen molar-refractivity contribution in [2.45, 2.75) is 6.42 Å². The first-order chi connectivity index (χ1) is 12.7. The minimum atomic E-state index is -0.0116. The maximum Gasteiger partial charge on any atom is 0.253 e. The highest BCUT2D eigenvalue weighted by Crippen LogP contribution is 2.24. The molecule has 0 saturated carbocycles. The summed E-state index contributed by atoms with van der Waals surface area (Å²) in [4.78, 5) is 19.7. The Hall–Kier alpha value is -3.34. The molecule has 0 unspecified atom stereocenters. The predicted molar refractivity (Wildman–Crippen MR) is 102 cm³/mol. The summed E-state index contributed by atoms with van der Waals surface area (Å²) in [6.45, 7) is 0.679. The van der Waals surface area contributed by atoms with E-state index in [0.29, 0.717) is 6.54 Å². The van der Waals surface area contributed by atoms with Gasteiger partial charge in [0.25, 0.3) is 5.91 Å².